The first-order valence-corrected chi connectivity index (χ1v) is 7.06. The van der Waals surface area contributed by atoms with Crippen LogP contribution in [-0.4, -0.2) is 13.1 Å². The Balaban J connectivity index is 2.28. The van der Waals surface area contributed by atoms with E-state index in [9.17, 15) is 4.79 Å². The van der Waals surface area contributed by atoms with Crippen LogP contribution in [0.5, 0.6) is 0 Å². The SMILES string of the molecule is COC(=O)c1ccc(Sc2ccc(C)cc2C)c(N)c1. The van der Waals surface area contributed by atoms with Crippen LogP contribution in [0.15, 0.2) is 46.2 Å². The molecule has 0 radical (unpaired) electrons. The summed E-state index contributed by atoms with van der Waals surface area (Å²) in [6.45, 7) is 4.15. The molecule has 0 amide bonds. The van der Waals surface area contributed by atoms with Gasteiger partial charge in [0.05, 0.1) is 12.7 Å². The maximum Gasteiger partial charge on any atom is 0.337 e. The van der Waals surface area contributed by atoms with E-state index in [-0.39, 0.29) is 5.97 Å². The van der Waals surface area contributed by atoms with Crippen molar-refractivity contribution in [2.75, 3.05) is 12.8 Å². The van der Waals surface area contributed by atoms with Gasteiger partial charge in [0.2, 0.25) is 0 Å². The number of hydrogen-bond donors (Lipinski definition) is 1. The molecule has 0 atom stereocenters. The quantitative estimate of drug-likeness (QED) is 0.688. The number of methoxy groups -OCH3 is 1. The Morgan fingerprint density at radius 3 is 2.40 bits per heavy atom. The Hall–Kier alpha value is -1.94. The fourth-order valence-corrected chi connectivity index (χ4v) is 2.82. The van der Waals surface area contributed by atoms with Crippen LogP contribution >= 0.6 is 11.8 Å². The molecule has 0 saturated heterocycles. The van der Waals surface area contributed by atoms with Crippen molar-refractivity contribution in [1.29, 1.82) is 0 Å². The van der Waals surface area contributed by atoms with Gasteiger partial charge in [0.1, 0.15) is 0 Å². The summed E-state index contributed by atoms with van der Waals surface area (Å²) in [5.74, 6) is -0.375. The maximum absolute atomic E-state index is 11.4. The summed E-state index contributed by atoms with van der Waals surface area (Å²) in [7, 11) is 1.36. The lowest BCUT2D eigenvalue weighted by molar-refractivity contribution is 0.0600. The number of anilines is 1. The molecule has 0 heterocycles. The van der Waals surface area contributed by atoms with Crippen molar-refractivity contribution in [3.8, 4) is 0 Å². The number of rotatable bonds is 3. The van der Waals surface area contributed by atoms with Gasteiger partial charge in [0.15, 0.2) is 0 Å². The Bertz CT molecular complexity index is 653. The lowest BCUT2D eigenvalue weighted by atomic mass is 10.2. The van der Waals surface area contributed by atoms with E-state index in [1.807, 2.05) is 6.07 Å². The second kappa shape index (κ2) is 6.01. The summed E-state index contributed by atoms with van der Waals surface area (Å²) in [6, 6.07) is 11.5. The van der Waals surface area contributed by atoms with Gasteiger partial charge < -0.3 is 10.5 Å². The average molecular weight is 287 g/mol. The lowest BCUT2D eigenvalue weighted by Crippen LogP contribution is -2.02. The number of aryl methyl sites for hydroxylation is 2. The standard InChI is InChI=1S/C16H17NO2S/c1-10-4-6-14(11(2)8-10)20-15-7-5-12(9-13(15)17)16(18)19-3/h4-9H,17H2,1-3H3. The summed E-state index contributed by atoms with van der Waals surface area (Å²) in [6.07, 6.45) is 0. The van der Waals surface area contributed by atoms with Gasteiger partial charge >= 0.3 is 5.97 Å². The highest BCUT2D eigenvalue weighted by Crippen LogP contribution is 2.34. The molecule has 0 aliphatic rings. The molecule has 2 rings (SSSR count). The first-order valence-electron chi connectivity index (χ1n) is 6.24. The van der Waals surface area contributed by atoms with E-state index in [1.54, 1.807) is 23.9 Å². The monoisotopic (exact) mass is 287 g/mol. The Morgan fingerprint density at radius 2 is 1.80 bits per heavy atom. The van der Waals surface area contributed by atoms with Gasteiger partial charge in [0, 0.05) is 15.5 Å². The van der Waals surface area contributed by atoms with E-state index >= 15 is 0 Å². The molecule has 2 N–H and O–H groups in total. The minimum absolute atomic E-state index is 0.375. The highest BCUT2D eigenvalue weighted by Gasteiger charge is 2.10. The molecule has 0 aliphatic heterocycles. The number of ether oxygens (including phenoxy) is 1. The molecule has 20 heavy (non-hydrogen) atoms. The first-order chi connectivity index (χ1) is 9.51. The number of hydrogen-bond acceptors (Lipinski definition) is 4. The predicted molar refractivity (Wildman–Crippen MR) is 82.2 cm³/mol. The third-order valence-corrected chi connectivity index (χ3v) is 4.25. The number of benzene rings is 2. The van der Waals surface area contributed by atoms with Gasteiger partial charge in [-0.25, -0.2) is 4.79 Å². The molecule has 104 valence electrons. The molecule has 3 nitrogen and oxygen atoms in total. The Morgan fingerprint density at radius 1 is 1.10 bits per heavy atom. The molecule has 0 fully saturated rings. The van der Waals surface area contributed by atoms with Crippen molar-refractivity contribution in [3.05, 3.63) is 53.1 Å². The third-order valence-electron chi connectivity index (χ3n) is 2.98. The summed E-state index contributed by atoms with van der Waals surface area (Å²) in [4.78, 5) is 13.5. The topological polar surface area (TPSA) is 52.3 Å². The molecule has 0 bridgehead atoms. The zero-order valence-corrected chi connectivity index (χ0v) is 12.6. The van der Waals surface area contributed by atoms with Crippen LogP contribution in [0.2, 0.25) is 0 Å². The van der Waals surface area contributed by atoms with E-state index in [1.165, 1.54) is 18.2 Å². The van der Waals surface area contributed by atoms with Crippen molar-refractivity contribution >= 4 is 23.4 Å². The Kier molecular flexibility index (Phi) is 4.35. The zero-order chi connectivity index (χ0) is 14.7. The van der Waals surface area contributed by atoms with Crippen molar-refractivity contribution in [3.63, 3.8) is 0 Å². The van der Waals surface area contributed by atoms with Crippen LogP contribution in [0.4, 0.5) is 5.69 Å². The second-order valence-electron chi connectivity index (χ2n) is 4.62. The number of carbonyl (C=O) groups is 1. The molecule has 0 unspecified atom stereocenters. The predicted octanol–water partition coefficient (Wildman–Crippen LogP) is 3.82. The van der Waals surface area contributed by atoms with E-state index in [0.717, 1.165) is 9.79 Å². The lowest BCUT2D eigenvalue weighted by Gasteiger charge is -2.10. The van der Waals surface area contributed by atoms with Crippen LogP contribution in [0.3, 0.4) is 0 Å². The molecule has 2 aromatic carbocycles. The van der Waals surface area contributed by atoms with Crippen LogP contribution < -0.4 is 5.73 Å². The Labute approximate surface area is 123 Å². The summed E-state index contributed by atoms with van der Waals surface area (Å²) in [5, 5.41) is 0. The molecule has 0 spiro atoms. The van der Waals surface area contributed by atoms with Crippen molar-refractivity contribution in [2.45, 2.75) is 23.6 Å². The molecule has 2 aromatic rings. The van der Waals surface area contributed by atoms with Gasteiger partial charge in [-0.3, -0.25) is 0 Å². The normalized spacial score (nSPS) is 10.3. The smallest absolute Gasteiger partial charge is 0.337 e. The fourth-order valence-electron chi connectivity index (χ4n) is 1.92. The van der Waals surface area contributed by atoms with Crippen LogP contribution in [-0.2, 0) is 4.74 Å². The van der Waals surface area contributed by atoms with Gasteiger partial charge in [-0.2, -0.15) is 0 Å². The van der Waals surface area contributed by atoms with Crippen LogP contribution in [0.25, 0.3) is 0 Å². The van der Waals surface area contributed by atoms with Gasteiger partial charge in [-0.15, -0.1) is 0 Å². The molecule has 0 aliphatic carbocycles. The fraction of sp³-hybridized carbons (Fsp3) is 0.188. The highest BCUT2D eigenvalue weighted by atomic mass is 32.2. The largest absolute Gasteiger partial charge is 0.465 e. The number of nitrogens with two attached hydrogens (primary N) is 1. The highest BCUT2D eigenvalue weighted by molar-refractivity contribution is 7.99. The number of nitrogen functional groups attached to an aromatic ring is 1. The van der Waals surface area contributed by atoms with E-state index in [2.05, 4.69) is 36.8 Å². The molecule has 0 aromatic heterocycles. The van der Waals surface area contributed by atoms with Gasteiger partial charge in [-0.05, 0) is 43.7 Å². The molecular formula is C16H17NO2S. The van der Waals surface area contributed by atoms with Crippen LogP contribution in [0.1, 0.15) is 21.5 Å². The summed E-state index contributed by atoms with van der Waals surface area (Å²) >= 11 is 1.60. The molecule has 4 heteroatoms. The van der Waals surface area contributed by atoms with Crippen molar-refractivity contribution < 1.29 is 9.53 Å². The minimum atomic E-state index is -0.375. The maximum atomic E-state index is 11.4. The van der Waals surface area contributed by atoms with Crippen LogP contribution in [0, 0.1) is 13.8 Å². The third kappa shape index (κ3) is 3.14. The zero-order valence-electron chi connectivity index (χ0n) is 11.8. The minimum Gasteiger partial charge on any atom is -0.465 e. The van der Waals surface area contributed by atoms with E-state index in [0.29, 0.717) is 11.3 Å². The summed E-state index contributed by atoms with van der Waals surface area (Å²) in [5.41, 5.74) is 9.51. The number of esters is 1. The first kappa shape index (κ1) is 14.5. The number of carbonyl (C=O) groups excluding carboxylic acids is 1. The van der Waals surface area contributed by atoms with Crippen molar-refractivity contribution in [1.82, 2.24) is 0 Å². The average Bonchev–Trinajstić information content (AvgIpc) is 2.42. The van der Waals surface area contributed by atoms with Crippen molar-refractivity contribution in [2.24, 2.45) is 0 Å². The van der Waals surface area contributed by atoms with E-state index in [4.69, 9.17) is 5.73 Å². The molecular weight excluding hydrogens is 270 g/mol. The second-order valence-corrected chi connectivity index (χ2v) is 5.70. The van der Waals surface area contributed by atoms with E-state index < -0.39 is 0 Å². The molecule has 0 saturated carbocycles. The van der Waals surface area contributed by atoms with Gasteiger partial charge in [0.25, 0.3) is 0 Å². The van der Waals surface area contributed by atoms with Gasteiger partial charge in [-0.1, -0.05) is 29.5 Å². The summed E-state index contributed by atoms with van der Waals surface area (Å²) < 4.78 is 4.68.